The van der Waals surface area contributed by atoms with Crippen molar-refractivity contribution in [2.75, 3.05) is 13.1 Å². The highest BCUT2D eigenvalue weighted by Crippen LogP contribution is 2.37. The smallest absolute Gasteiger partial charge is 0.231 e. The molecule has 0 spiro atoms. The van der Waals surface area contributed by atoms with Crippen molar-refractivity contribution in [3.63, 3.8) is 0 Å². The Morgan fingerprint density at radius 3 is 2.62 bits per heavy atom. The van der Waals surface area contributed by atoms with Crippen LogP contribution in [0.25, 0.3) is 0 Å². The second-order valence-electron chi connectivity index (χ2n) is 5.80. The molecule has 1 aliphatic rings. The molecule has 0 saturated carbocycles. The Bertz CT molecular complexity index is 569. The molecule has 1 N–H and O–H groups in total. The highest BCUT2D eigenvalue weighted by molar-refractivity contribution is 5.32. The molecule has 2 aromatic rings. The van der Waals surface area contributed by atoms with Crippen molar-refractivity contribution in [3.05, 3.63) is 47.6 Å². The van der Waals surface area contributed by atoms with Crippen LogP contribution < -0.4 is 5.32 Å². The summed E-state index contributed by atoms with van der Waals surface area (Å²) in [6, 6.07) is 10.5. The first kappa shape index (κ1) is 14.3. The van der Waals surface area contributed by atoms with Crippen LogP contribution in [0.1, 0.15) is 56.3 Å². The van der Waals surface area contributed by atoms with Crippen molar-refractivity contribution < 1.29 is 4.52 Å². The molecule has 1 unspecified atom stereocenters. The Hall–Kier alpha value is -1.68. The minimum atomic E-state index is -0.144. The first-order chi connectivity index (χ1) is 10.3. The molecule has 1 aromatic carbocycles. The third-order valence-electron chi connectivity index (χ3n) is 4.81. The van der Waals surface area contributed by atoms with Gasteiger partial charge in [0.1, 0.15) is 0 Å². The van der Waals surface area contributed by atoms with Gasteiger partial charge in [-0.05, 0) is 31.4 Å². The number of benzene rings is 1. The molecule has 0 aliphatic carbocycles. The molecule has 3 rings (SSSR count). The fraction of sp³-hybridized carbons (Fsp3) is 0.529. The van der Waals surface area contributed by atoms with Crippen molar-refractivity contribution in [1.29, 1.82) is 0 Å². The van der Waals surface area contributed by atoms with Crippen molar-refractivity contribution in [2.24, 2.45) is 0 Å². The summed E-state index contributed by atoms with van der Waals surface area (Å²) in [6.45, 7) is 6.37. The molecule has 112 valence electrons. The van der Waals surface area contributed by atoms with Gasteiger partial charge < -0.3 is 9.84 Å². The van der Waals surface area contributed by atoms with Gasteiger partial charge in [0, 0.05) is 6.54 Å². The Kier molecular flexibility index (Phi) is 4.06. The SMILES string of the molecule is CCC(CC)(c1ccccc1)c1noc(C2CCNC2)n1. The van der Waals surface area contributed by atoms with Crippen LogP contribution in [-0.4, -0.2) is 23.2 Å². The average molecular weight is 285 g/mol. The van der Waals surface area contributed by atoms with Crippen molar-refractivity contribution in [1.82, 2.24) is 15.5 Å². The Morgan fingerprint density at radius 1 is 1.24 bits per heavy atom. The highest BCUT2D eigenvalue weighted by Gasteiger charge is 2.36. The molecule has 4 heteroatoms. The van der Waals surface area contributed by atoms with Gasteiger partial charge in [-0.1, -0.05) is 49.3 Å². The van der Waals surface area contributed by atoms with Gasteiger partial charge in [-0.25, -0.2) is 0 Å². The molecule has 1 aromatic heterocycles. The van der Waals surface area contributed by atoms with Gasteiger partial charge in [0.2, 0.25) is 5.89 Å². The summed E-state index contributed by atoms with van der Waals surface area (Å²) in [5, 5.41) is 7.69. The van der Waals surface area contributed by atoms with Crippen molar-refractivity contribution >= 4 is 0 Å². The first-order valence-corrected chi connectivity index (χ1v) is 7.90. The molecule has 0 bridgehead atoms. The van der Waals surface area contributed by atoms with Crippen LogP contribution in [0.3, 0.4) is 0 Å². The summed E-state index contributed by atoms with van der Waals surface area (Å²) in [5.74, 6) is 1.99. The van der Waals surface area contributed by atoms with Crippen LogP contribution in [0.15, 0.2) is 34.9 Å². The second-order valence-corrected chi connectivity index (χ2v) is 5.80. The zero-order valence-electron chi connectivity index (χ0n) is 12.8. The molecular formula is C17H23N3O. The van der Waals surface area contributed by atoms with Crippen molar-refractivity contribution in [3.8, 4) is 0 Å². The van der Waals surface area contributed by atoms with E-state index in [1.165, 1.54) is 5.56 Å². The Labute approximate surface area is 126 Å². The molecule has 2 heterocycles. The number of rotatable bonds is 5. The van der Waals surface area contributed by atoms with E-state index in [-0.39, 0.29) is 5.41 Å². The molecule has 21 heavy (non-hydrogen) atoms. The Balaban J connectivity index is 1.98. The van der Waals surface area contributed by atoms with E-state index in [2.05, 4.69) is 48.6 Å². The summed E-state index contributed by atoms with van der Waals surface area (Å²) >= 11 is 0. The van der Waals surface area contributed by atoms with Crippen LogP contribution in [0.4, 0.5) is 0 Å². The summed E-state index contributed by atoms with van der Waals surface area (Å²) in [4.78, 5) is 4.77. The molecule has 4 nitrogen and oxygen atoms in total. The van der Waals surface area contributed by atoms with Crippen LogP contribution in [-0.2, 0) is 5.41 Å². The fourth-order valence-electron chi connectivity index (χ4n) is 3.32. The fourth-order valence-corrected chi connectivity index (χ4v) is 3.32. The lowest BCUT2D eigenvalue weighted by Crippen LogP contribution is -2.27. The predicted molar refractivity (Wildman–Crippen MR) is 82.3 cm³/mol. The van der Waals surface area contributed by atoms with E-state index in [4.69, 9.17) is 9.51 Å². The molecule has 1 saturated heterocycles. The molecule has 1 aliphatic heterocycles. The van der Waals surface area contributed by atoms with Gasteiger partial charge in [-0.2, -0.15) is 4.98 Å². The summed E-state index contributed by atoms with van der Waals surface area (Å²) in [6.07, 6.45) is 3.02. The number of hydrogen-bond donors (Lipinski definition) is 1. The number of nitrogens with one attached hydrogen (secondary N) is 1. The van der Waals surface area contributed by atoms with E-state index in [1.807, 2.05) is 6.07 Å². The third-order valence-corrected chi connectivity index (χ3v) is 4.81. The normalized spacial score (nSPS) is 19.0. The minimum absolute atomic E-state index is 0.144. The van der Waals surface area contributed by atoms with Crippen LogP contribution in [0, 0.1) is 0 Å². The van der Waals surface area contributed by atoms with E-state index < -0.39 is 0 Å². The molecule has 0 radical (unpaired) electrons. The highest BCUT2D eigenvalue weighted by atomic mass is 16.5. The first-order valence-electron chi connectivity index (χ1n) is 7.90. The van der Waals surface area contributed by atoms with E-state index in [0.717, 1.165) is 44.1 Å². The zero-order valence-corrected chi connectivity index (χ0v) is 12.8. The van der Waals surface area contributed by atoms with Crippen molar-refractivity contribution in [2.45, 2.75) is 44.4 Å². The lowest BCUT2D eigenvalue weighted by Gasteiger charge is -2.28. The molecule has 0 amide bonds. The summed E-state index contributed by atoms with van der Waals surface area (Å²) < 4.78 is 5.58. The monoisotopic (exact) mass is 285 g/mol. The lowest BCUT2D eigenvalue weighted by molar-refractivity contribution is 0.340. The predicted octanol–water partition coefficient (Wildman–Crippen LogP) is 3.25. The Morgan fingerprint density at radius 2 is 2.00 bits per heavy atom. The maximum atomic E-state index is 5.58. The summed E-state index contributed by atoms with van der Waals surface area (Å²) in [5.41, 5.74) is 1.13. The summed E-state index contributed by atoms with van der Waals surface area (Å²) in [7, 11) is 0. The van der Waals surface area contributed by atoms with Gasteiger partial charge in [-0.3, -0.25) is 0 Å². The molecule has 1 atom stereocenters. The number of hydrogen-bond acceptors (Lipinski definition) is 4. The van der Waals surface area contributed by atoms with Gasteiger partial charge in [0.15, 0.2) is 5.82 Å². The zero-order chi connectivity index (χ0) is 14.7. The van der Waals surface area contributed by atoms with Crippen LogP contribution >= 0.6 is 0 Å². The van der Waals surface area contributed by atoms with Crippen LogP contribution in [0.2, 0.25) is 0 Å². The maximum Gasteiger partial charge on any atom is 0.231 e. The van der Waals surface area contributed by atoms with E-state index >= 15 is 0 Å². The third kappa shape index (κ3) is 2.48. The average Bonchev–Trinajstić information content (AvgIpc) is 3.22. The van der Waals surface area contributed by atoms with Gasteiger partial charge in [-0.15, -0.1) is 0 Å². The standard InChI is InChI=1S/C17H23N3O/c1-3-17(4-2,14-8-6-5-7-9-14)16-19-15(21-20-16)13-10-11-18-12-13/h5-9,13,18H,3-4,10-12H2,1-2H3. The van der Waals surface area contributed by atoms with E-state index in [9.17, 15) is 0 Å². The van der Waals surface area contributed by atoms with Gasteiger partial charge >= 0.3 is 0 Å². The molecule has 1 fully saturated rings. The largest absolute Gasteiger partial charge is 0.339 e. The minimum Gasteiger partial charge on any atom is -0.339 e. The second kappa shape index (κ2) is 5.98. The quantitative estimate of drug-likeness (QED) is 0.916. The number of nitrogens with zero attached hydrogens (tertiary/aromatic N) is 2. The van der Waals surface area contributed by atoms with E-state index in [0.29, 0.717) is 5.92 Å². The van der Waals surface area contributed by atoms with Crippen LogP contribution in [0.5, 0.6) is 0 Å². The maximum absolute atomic E-state index is 5.58. The lowest BCUT2D eigenvalue weighted by atomic mass is 9.75. The number of aromatic nitrogens is 2. The van der Waals surface area contributed by atoms with E-state index in [1.54, 1.807) is 0 Å². The van der Waals surface area contributed by atoms with Gasteiger partial charge in [0.25, 0.3) is 0 Å². The molecular weight excluding hydrogens is 262 g/mol. The topological polar surface area (TPSA) is 51.0 Å². The van der Waals surface area contributed by atoms with Gasteiger partial charge in [0.05, 0.1) is 11.3 Å².